The van der Waals surface area contributed by atoms with Gasteiger partial charge in [-0.25, -0.2) is 9.59 Å². The van der Waals surface area contributed by atoms with Crippen LogP contribution in [0.1, 0.15) is 19.4 Å². The molecule has 5 heteroatoms. The Bertz CT molecular complexity index is 630. The maximum Gasteiger partial charge on any atom is 0.373 e. The summed E-state index contributed by atoms with van der Waals surface area (Å²) < 4.78 is 15.3. The zero-order valence-electron chi connectivity index (χ0n) is 12.8. The third-order valence-corrected chi connectivity index (χ3v) is 3.21. The Morgan fingerprint density at radius 2 is 1.91 bits per heavy atom. The average Bonchev–Trinajstić information content (AvgIpc) is 2.54. The Morgan fingerprint density at radius 3 is 2.50 bits per heavy atom. The molecule has 1 unspecified atom stereocenters. The highest BCUT2D eigenvalue weighted by Gasteiger charge is 2.40. The van der Waals surface area contributed by atoms with Crippen molar-refractivity contribution in [2.45, 2.75) is 19.4 Å². The molecule has 0 saturated carbocycles. The quantitative estimate of drug-likeness (QED) is 0.800. The highest BCUT2D eigenvalue weighted by atomic mass is 16.6. The summed E-state index contributed by atoms with van der Waals surface area (Å²) in [4.78, 5) is 24.0. The van der Waals surface area contributed by atoms with Gasteiger partial charge in [-0.3, -0.25) is 0 Å². The molecule has 0 aliphatic carbocycles. The standard InChI is InChI=1S/C17H18O5/c1-4-21-16(19)17(2)11-13(12-8-6-5-7-9-12)10-14(22-17)15(18)20-3/h5-11H,4H2,1-3H3. The fraction of sp³-hybridized carbons (Fsp3) is 0.294. The fourth-order valence-corrected chi connectivity index (χ4v) is 2.14. The van der Waals surface area contributed by atoms with Crippen LogP contribution >= 0.6 is 0 Å². The Morgan fingerprint density at radius 1 is 1.23 bits per heavy atom. The lowest BCUT2D eigenvalue weighted by Crippen LogP contribution is -2.40. The van der Waals surface area contributed by atoms with Crippen LogP contribution in [0.5, 0.6) is 0 Å². The summed E-state index contributed by atoms with van der Waals surface area (Å²) in [6.45, 7) is 3.50. The van der Waals surface area contributed by atoms with E-state index >= 15 is 0 Å². The normalized spacial score (nSPS) is 20.3. The van der Waals surface area contributed by atoms with Crippen LogP contribution in [0.4, 0.5) is 0 Å². The molecule has 0 aromatic heterocycles. The Labute approximate surface area is 129 Å². The Kier molecular flexibility index (Phi) is 4.65. The number of carbonyl (C=O) groups excluding carboxylic acids is 2. The molecule has 1 aliphatic heterocycles. The summed E-state index contributed by atoms with van der Waals surface area (Å²) in [6, 6.07) is 9.40. The van der Waals surface area contributed by atoms with E-state index in [1.54, 1.807) is 26.0 Å². The third kappa shape index (κ3) is 3.19. The largest absolute Gasteiger partial charge is 0.464 e. The Hall–Kier alpha value is -2.56. The monoisotopic (exact) mass is 302 g/mol. The topological polar surface area (TPSA) is 61.8 Å². The molecule has 5 nitrogen and oxygen atoms in total. The van der Waals surface area contributed by atoms with E-state index in [-0.39, 0.29) is 12.4 Å². The molecule has 0 saturated heterocycles. The van der Waals surface area contributed by atoms with Crippen molar-refractivity contribution in [2.75, 3.05) is 13.7 Å². The number of hydrogen-bond donors (Lipinski definition) is 0. The van der Waals surface area contributed by atoms with E-state index < -0.39 is 17.5 Å². The number of rotatable bonds is 4. The number of hydrogen-bond acceptors (Lipinski definition) is 5. The summed E-state index contributed by atoms with van der Waals surface area (Å²) in [5.74, 6) is -1.23. The number of methoxy groups -OCH3 is 1. The Balaban J connectivity index is 2.47. The van der Waals surface area contributed by atoms with Gasteiger partial charge in [-0.05, 0) is 37.1 Å². The molecular formula is C17H18O5. The molecule has 1 heterocycles. The fourth-order valence-electron chi connectivity index (χ4n) is 2.14. The minimum atomic E-state index is -1.38. The first kappa shape index (κ1) is 15.8. The molecule has 0 N–H and O–H groups in total. The van der Waals surface area contributed by atoms with Crippen LogP contribution in [0.3, 0.4) is 0 Å². The van der Waals surface area contributed by atoms with Gasteiger partial charge in [0.2, 0.25) is 11.4 Å². The maximum absolute atomic E-state index is 12.2. The zero-order chi connectivity index (χ0) is 16.2. The summed E-state index contributed by atoms with van der Waals surface area (Å²) in [5.41, 5.74) is 0.185. The van der Waals surface area contributed by atoms with E-state index in [1.807, 2.05) is 30.3 Å². The van der Waals surface area contributed by atoms with Gasteiger partial charge in [0.15, 0.2) is 0 Å². The van der Waals surface area contributed by atoms with Gasteiger partial charge in [0.1, 0.15) is 0 Å². The SMILES string of the molecule is CCOC(=O)C1(C)C=C(c2ccccc2)C=C(C(=O)OC)O1. The molecule has 1 aromatic carbocycles. The molecule has 1 aromatic rings. The number of allylic oxidation sites excluding steroid dienone is 2. The molecule has 1 aliphatic rings. The van der Waals surface area contributed by atoms with Gasteiger partial charge in [-0.15, -0.1) is 0 Å². The van der Waals surface area contributed by atoms with E-state index in [9.17, 15) is 9.59 Å². The second kappa shape index (κ2) is 6.47. The average molecular weight is 302 g/mol. The van der Waals surface area contributed by atoms with Gasteiger partial charge in [0, 0.05) is 0 Å². The van der Waals surface area contributed by atoms with Crippen LogP contribution in [0.15, 0.2) is 48.2 Å². The van der Waals surface area contributed by atoms with E-state index in [0.29, 0.717) is 5.57 Å². The molecule has 0 radical (unpaired) electrons. The van der Waals surface area contributed by atoms with Crippen LogP contribution in [0, 0.1) is 0 Å². The van der Waals surface area contributed by atoms with Gasteiger partial charge in [0.05, 0.1) is 13.7 Å². The predicted octanol–water partition coefficient (Wildman–Crippen LogP) is 2.48. The van der Waals surface area contributed by atoms with Crippen LogP contribution in [-0.4, -0.2) is 31.3 Å². The molecule has 22 heavy (non-hydrogen) atoms. The van der Waals surface area contributed by atoms with Crippen LogP contribution in [0.2, 0.25) is 0 Å². The summed E-state index contributed by atoms with van der Waals surface area (Å²) in [6.07, 6.45) is 3.20. The molecular weight excluding hydrogens is 284 g/mol. The van der Waals surface area contributed by atoms with E-state index in [1.165, 1.54) is 7.11 Å². The maximum atomic E-state index is 12.2. The smallest absolute Gasteiger partial charge is 0.373 e. The van der Waals surface area contributed by atoms with Crippen LogP contribution < -0.4 is 0 Å². The minimum absolute atomic E-state index is 0.0283. The van der Waals surface area contributed by atoms with Crippen molar-refractivity contribution in [3.63, 3.8) is 0 Å². The summed E-state index contributed by atoms with van der Waals surface area (Å²) in [5, 5.41) is 0. The van der Waals surface area contributed by atoms with Gasteiger partial charge in [-0.2, -0.15) is 0 Å². The highest BCUT2D eigenvalue weighted by molar-refractivity contribution is 5.95. The van der Waals surface area contributed by atoms with Crippen molar-refractivity contribution in [3.8, 4) is 0 Å². The van der Waals surface area contributed by atoms with Crippen LogP contribution in [0.25, 0.3) is 5.57 Å². The first-order chi connectivity index (χ1) is 10.5. The number of benzene rings is 1. The first-order valence-electron chi connectivity index (χ1n) is 6.94. The van der Waals surface area contributed by atoms with Gasteiger partial charge in [-0.1, -0.05) is 30.3 Å². The van der Waals surface area contributed by atoms with Crippen LogP contribution in [-0.2, 0) is 23.8 Å². The summed E-state index contributed by atoms with van der Waals surface area (Å²) >= 11 is 0. The van der Waals surface area contributed by atoms with E-state index in [4.69, 9.17) is 14.2 Å². The van der Waals surface area contributed by atoms with E-state index in [2.05, 4.69) is 0 Å². The molecule has 1 atom stereocenters. The number of ether oxygens (including phenoxy) is 3. The number of esters is 2. The molecule has 0 spiro atoms. The second-order valence-corrected chi connectivity index (χ2v) is 4.90. The first-order valence-corrected chi connectivity index (χ1v) is 6.94. The number of carbonyl (C=O) groups is 2. The lowest BCUT2D eigenvalue weighted by Gasteiger charge is -2.30. The van der Waals surface area contributed by atoms with Gasteiger partial charge in [0.25, 0.3) is 0 Å². The lowest BCUT2D eigenvalue weighted by atomic mass is 9.94. The molecule has 0 amide bonds. The minimum Gasteiger partial charge on any atom is -0.464 e. The molecule has 0 fully saturated rings. The highest BCUT2D eigenvalue weighted by Crippen LogP contribution is 2.32. The summed E-state index contributed by atoms with van der Waals surface area (Å²) in [7, 11) is 1.26. The molecule has 0 bridgehead atoms. The van der Waals surface area contributed by atoms with Crippen molar-refractivity contribution in [1.29, 1.82) is 0 Å². The van der Waals surface area contributed by atoms with E-state index in [0.717, 1.165) is 5.56 Å². The second-order valence-electron chi connectivity index (χ2n) is 4.90. The van der Waals surface area contributed by atoms with Gasteiger partial charge < -0.3 is 14.2 Å². The predicted molar refractivity (Wildman–Crippen MR) is 80.6 cm³/mol. The van der Waals surface area contributed by atoms with Crippen molar-refractivity contribution < 1.29 is 23.8 Å². The lowest BCUT2D eigenvalue weighted by molar-refractivity contribution is -0.163. The van der Waals surface area contributed by atoms with Gasteiger partial charge >= 0.3 is 11.9 Å². The molecule has 116 valence electrons. The third-order valence-electron chi connectivity index (χ3n) is 3.21. The van der Waals surface area contributed by atoms with Crippen molar-refractivity contribution in [1.82, 2.24) is 0 Å². The molecule has 2 rings (SSSR count). The zero-order valence-corrected chi connectivity index (χ0v) is 12.8. The van der Waals surface area contributed by atoms with Crippen molar-refractivity contribution >= 4 is 17.5 Å². The van der Waals surface area contributed by atoms with Crippen molar-refractivity contribution in [3.05, 3.63) is 53.8 Å². The van der Waals surface area contributed by atoms with Crippen molar-refractivity contribution in [2.24, 2.45) is 0 Å².